The molecule has 2 aromatic carbocycles. The molecule has 0 unspecified atom stereocenters. The van der Waals surface area contributed by atoms with Crippen LogP contribution in [-0.4, -0.2) is 14.5 Å². The molecule has 0 aliphatic rings. The summed E-state index contributed by atoms with van der Waals surface area (Å²) in [5.41, 5.74) is 8.94. The molecule has 0 bridgehead atoms. The van der Waals surface area contributed by atoms with Crippen LogP contribution in [0, 0.1) is 11.3 Å². The van der Waals surface area contributed by atoms with Crippen LogP contribution >= 0.6 is 0 Å². The molecule has 0 radical (unpaired) electrons. The molecule has 2 heterocycles. The van der Waals surface area contributed by atoms with Gasteiger partial charge in [0.05, 0.1) is 22.2 Å². The van der Waals surface area contributed by atoms with Crippen LogP contribution in [0.2, 0.25) is 0 Å². The molecule has 2 aromatic heterocycles. The number of hydrogen-bond donors (Lipinski definition) is 1. The van der Waals surface area contributed by atoms with Crippen LogP contribution in [0.25, 0.3) is 27.7 Å². The van der Waals surface area contributed by atoms with E-state index in [-0.39, 0.29) is 11.5 Å². The number of nitrogens with zero attached hydrogens (tertiary/aromatic N) is 4. The number of para-hydroxylation sites is 1. The van der Waals surface area contributed by atoms with Crippen molar-refractivity contribution in [2.24, 2.45) is 0 Å². The number of pyridine rings is 1. The number of anilines is 1. The Morgan fingerprint density at radius 2 is 1.81 bits per heavy atom. The molecule has 0 saturated heterocycles. The second-order valence-corrected chi connectivity index (χ2v) is 5.75. The lowest BCUT2D eigenvalue weighted by Crippen LogP contribution is -2.23. The summed E-state index contributed by atoms with van der Waals surface area (Å²) in [7, 11) is 0. The van der Waals surface area contributed by atoms with E-state index in [1.165, 1.54) is 10.8 Å². The molecule has 6 heteroatoms. The zero-order chi connectivity index (χ0) is 18.1. The first kappa shape index (κ1) is 15.5. The normalized spacial score (nSPS) is 10.6. The number of rotatable bonds is 2. The fourth-order valence-electron chi connectivity index (χ4n) is 2.87. The minimum atomic E-state index is -0.245. The molecule has 0 aliphatic heterocycles. The lowest BCUT2D eigenvalue weighted by Gasteiger charge is -2.11. The Hall–Kier alpha value is -3.98. The first-order valence-electron chi connectivity index (χ1n) is 7.90. The quantitative estimate of drug-likeness (QED) is 0.605. The molecule has 2 N–H and O–H groups in total. The van der Waals surface area contributed by atoms with Crippen LogP contribution in [-0.2, 0) is 0 Å². The highest BCUT2D eigenvalue weighted by Crippen LogP contribution is 2.23. The van der Waals surface area contributed by atoms with Crippen molar-refractivity contribution in [3.8, 4) is 22.9 Å². The Labute approximate surface area is 148 Å². The molecule has 0 amide bonds. The number of nitrogen functional groups attached to an aromatic ring is 1. The third-order valence-corrected chi connectivity index (χ3v) is 4.11. The molecule has 0 spiro atoms. The molecule has 4 rings (SSSR count). The first-order valence-corrected chi connectivity index (χ1v) is 7.90. The van der Waals surface area contributed by atoms with Crippen LogP contribution < -0.4 is 11.3 Å². The number of benzene rings is 2. The van der Waals surface area contributed by atoms with E-state index in [1.807, 2.05) is 24.3 Å². The van der Waals surface area contributed by atoms with Crippen molar-refractivity contribution >= 4 is 16.9 Å². The van der Waals surface area contributed by atoms with Crippen LogP contribution in [0.5, 0.6) is 0 Å². The van der Waals surface area contributed by atoms with Gasteiger partial charge in [0.25, 0.3) is 5.56 Å². The van der Waals surface area contributed by atoms with Crippen LogP contribution in [0.1, 0.15) is 5.56 Å². The Balaban J connectivity index is 1.96. The number of aromatic nitrogens is 3. The van der Waals surface area contributed by atoms with Crippen molar-refractivity contribution in [3.63, 3.8) is 0 Å². The van der Waals surface area contributed by atoms with E-state index < -0.39 is 0 Å². The summed E-state index contributed by atoms with van der Waals surface area (Å²) in [6.45, 7) is 0. The summed E-state index contributed by atoms with van der Waals surface area (Å²) >= 11 is 0. The molecule has 26 heavy (non-hydrogen) atoms. The van der Waals surface area contributed by atoms with E-state index in [0.717, 1.165) is 11.1 Å². The van der Waals surface area contributed by atoms with Crippen LogP contribution in [0.15, 0.2) is 71.8 Å². The molecule has 0 aliphatic carbocycles. The van der Waals surface area contributed by atoms with Gasteiger partial charge in [-0.05, 0) is 35.9 Å². The number of nitrogens with two attached hydrogens (primary N) is 1. The average molecular weight is 339 g/mol. The highest BCUT2D eigenvalue weighted by Gasteiger charge is 2.12. The number of fused-ring (bicyclic) bond motifs is 1. The van der Waals surface area contributed by atoms with Gasteiger partial charge in [0.1, 0.15) is 6.07 Å². The van der Waals surface area contributed by atoms with E-state index >= 15 is 0 Å². The summed E-state index contributed by atoms with van der Waals surface area (Å²) in [6.07, 6.45) is 3.15. The molecule has 4 aromatic rings. The topological polar surface area (TPSA) is 97.6 Å². The van der Waals surface area contributed by atoms with E-state index in [2.05, 4.69) is 16.0 Å². The monoisotopic (exact) mass is 339 g/mol. The zero-order valence-electron chi connectivity index (χ0n) is 13.6. The van der Waals surface area contributed by atoms with Gasteiger partial charge in [-0.25, -0.2) is 9.55 Å². The Bertz CT molecular complexity index is 1220. The number of nitriles is 1. The fraction of sp³-hybridized carbons (Fsp3) is 0. The van der Waals surface area contributed by atoms with Crippen molar-refractivity contribution in [1.29, 1.82) is 5.26 Å². The van der Waals surface area contributed by atoms with Gasteiger partial charge in [0.15, 0.2) is 0 Å². The Morgan fingerprint density at radius 1 is 1.00 bits per heavy atom. The maximum absolute atomic E-state index is 13.0. The summed E-state index contributed by atoms with van der Waals surface area (Å²) in [5, 5.41) is 9.50. The van der Waals surface area contributed by atoms with Crippen molar-refractivity contribution < 1.29 is 0 Å². The first-order chi connectivity index (χ1) is 12.7. The zero-order valence-corrected chi connectivity index (χ0v) is 13.6. The largest absolute Gasteiger partial charge is 0.369 e. The summed E-state index contributed by atoms with van der Waals surface area (Å²) in [6, 6.07) is 18.3. The highest BCUT2D eigenvalue weighted by molar-refractivity contribution is 5.85. The highest BCUT2D eigenvalue weighted by atomic mass is 16.1. The Morgan fingerprint density at radius 3 is 2.58 bits per heavy atom. The third kappa shape index (κ3) is 2.58. The summed E-state index contributed by atoms with van der Waals surface area (Å²) in [4.78, 5) is 21.5. The fourth-order valence-corrected chi connectivity index (χ4v) is 2.87. The predicted molar refractivity (Wildman–Crippen MR) is 99.7 cm³/mol. The van der Waals surface area contributed by atoms with Gasteiger partial charge in [0.2, 0.25) is 5.95 Å². The molecule has 6 nitrogen and oxygen atoms in total. The molecule has 0 saturated carbocycles. The molecule has 0 fully saturated rings. The van der Waals surface area contributed by atoms with Gasteiger partial charge in [-0.1, -0.05) is 24.3 Å². The van der Waals surface area contributed by atoms with E-state index in [0.29, 0.717) is 22.2 Å². The average Bonchev–Trinajstić information content (AvgIpc) is 2.69. The summed E-state index contributed by atoms with van der Waals surface area (Å²) < 4.78 is 1.38. The van der Waals surface area contributed by atoms with Gasteiger partial charge >= 0.3 is 0 Å². The second-order valence-electron chi connectivity index (χ2n) is 5.75. The second kappa shape index (κ2) is 6.15. The van der Waals surface area contributed by atoms with Gasteiger partial charge in [-0.2, -0.15) is 5.26 Å². The molecular formula is C20H13N5O. The maximum atomic E-state index is 13.0. The van der Waals surface area contributed by atoms with Crippen molar-refractivity contribution in [3.05, 3.63) is 82.9 Å². The predicted octanol–water partition coefficient (Wildman–Crippen LogP) is 2.90. The minimum Gasteiger partial charge on any atom is -0.369 e. The van der Waals surface area contributed by atoms with Crippen LogP contribution in [0.4, 0.5) is 5.95 Å². The molecule has 0 atom stereocenters. The molecule has 124 valence electrons. The van der Waals surface area contributed by atoms with Crippen molar-refractivity contribution in [2.45, 2.75) is 0 Å². The van der Waals surface area contributed by atoms with E-state index in [9.17, 15) is 4.79 Å². The van der Waals surface area contributed by atoms with E-state index in [4.69, 9.17) is 11.0 Å². The SMILES string of the molecule is N#Cc1cncc(-c2ccc3nc(N)n(-c4ccccc4)c(=O)c3c2)c1. The van der Waals surface area contributed by atoms with Gasteiger partial charge in [-0.15, -0.1) is 0 Å². The van der Waals surface area contributed by atoms with Gasteiger partial charge in [0, 0.05) is 18.0 Å². The summed E-state index contributed by atoms with van der Waals surface area (Å²) in [5.74, 6) is 0.134. The number of hydrogen-bond acceptors (Lipinski definition) is 5. The molecular weight excluding hydrogens is 326 g/mol. The van der Waals surface area contributed by atoms with Crippen molar-refractivity contribution in [2.75, 3.05) is 5.73 Å². The van der Waals surface area contributed by atoms with E-state index in [1.54, 1.807) is 36.5 Å². The Kier molecular flexibility index (Phi) is 3.67. The lowest BCUT2D eigenvalue weighted by atomic mass is 10.0. The maximum Gasteiger partial charge on any atom is 0.267 e. The standard InChI is InChI=1S/C20H13N5O/c21-10-13-8-15(12-23-11-13)14-6-7-18-17(9-14)19(26)25(20(22)24-18)16-4-2-1-3-5-16/h1-9,11-12H,(H2,22,24). The van der Waals surface area contributed by atoms with Gasteiger partial charge in [-0.3, -0.25) is 9.78 Å². The third-order valence-electron chi connectivity index (χ3n) is 4.11. The lowest BCUT2D eigenvalue weighted by molar-refractivity contribution is 0.982. The van der Waals surface area contributed by atoms with Gasteiger partial charge < -0.3 is 5.73 Å². The van der Waals surface area contributed by atoms with Crippen molar-refractivity contribution in [1.82, 2.24) is 14.5 Å². The smallest absolute Gasteiger partial charge is 0.267 e. The minimum absolute atomic E-state index is 0.134. The van der Waals surface area contributed by atoms with Crippen LogP contribution in [0.3, 0.4) is 0 Å².